The Bertz CT molecular complexity index is 357. The smallest absolute Gasteiger partial charge is 0.179 e. The molecule has 1 rings (SSSR count). The highest BCUT2D eigenvalue weighted by atomic mass is 35.5. The summed E-state index contributed by atoms with van der Waals surface area (Å²) in [7, 11) is 3.06. The topological polar surface area (TPSA) is 64.7 Å². The van der Waals surface area contributed by atoms with E-state index in [9.17, 15) is 0 Å². The van der Waals surface area contributed by atoms with Gasteiger partial charge in [-0.1, -0.05) is 17.7 Å². The van der Waals surface area contributed by atoms with Crippen LogP contribution in [-0.2, 0) is 0 Å². The molecule has 0 fully saturated rings. The first kappa shape index (κ1) is 13.1. The summed E-state index contributed by atoms with van der Waals surface area (Å²) in [6.07, 6.45) is 0.454. The molecule has 0 amide bonds. The second-order valence-corrected chi connectivity index (χ2v) is 3.70. The number of hydrogen-bond acceptors (Lipinski definition) is 4. The van der Waals surface area contributed by atoms with Gasteiger partial charge in [-0.2, -0.15) is 0 Å². The van der Waals surface area contributed by atoms with Gasteiger partial charge in [0.1, 0.15) is 0 Å². The van der Waals surface area contributed by atoms with Crippen LogP contribution in [0.4, 0.5) is 0 Å². The van der Waals surface area contributed by atoms with Crippen LogP contribution in [0, 0.1) is 0 Å². The minimum absolute atomic E-state index is 0.0197. The molecule has 90 valence electrons. The zero-order valence-corrected chi connectivity index (χ0v) is 10.1. The van der Waals surface area contributed by atoms with E-state index in [0.717, 1.165) is 5.56 Å². The van der Waals surface area contributed by atoms with E-state index >= 15 is 0 Å². The fourth-order valence-electron chi connectivity index (χ4n) is 1.49. The Kier molecular flexibility index (Phi) is 4.86. The van der Waals surface area contributed by atoms with E-state index < -0.39 is 0 Å². The molecule has 0 heterocycles. The van der Waals surface area contributed by atoms with Crippen molar-refractivity contribution in [1.82, 2.24) is 0 Å². The number of halogens is 1. The number of methoxy groups -OCH3 is 2. The van der Waals surface area contributed by atoms with Gasteiger partial charge in [-0.05, 0) is 18.1 Å². The minimum atomic E-state index is -0.308. The molecule has 1 aromatic rings. The van der Waals surface area contributed by atoms with Crippen molar-refractivity contribution in [1.29, 1.82) is 0 Å². The lowest BCUT2D eigenvalue weighted by Crippen LogP contribution is -2.13. The molecule has 5 heteroatoms. The van der Waals surface area contributed by atoms with Crippen molar-refractivity contribution in [2.45, 2.75) is 12.5 Å². The molecule has 0 aliphatic carbocycles. The van der Waals surface area contributed by atoms with Crippen molar-refractivity contribution < 1.29 is 14.6 Å². The molecular weight excluding hydrogens is 230 g/mol. The summed E-state index contributed by atoms with van der Waals surface area (Å²) in [4.78, 5) is 0. The summed E-state index contributed by atoms with van der Waals surface area (Å²) in [6.45, 7) is 0.0197. The van der Waals surface area contributed by atoms with Crippen LogP contribution in [0.2, 0.25) is 5.02 Å². The number of hydrogen-bond donors (Lipinski definition) is 2. The van der Waals surface area contributed by atoms with Crippen molar-refractivity contribution in [3.05, 3.63) is 22.7 Å². The molecule has 0 saturated heterocycles. The molecule has 0 aliphatic rings. The third kappa shape index (κ3) is 2.58. The van der Waals surface area contributed by atoms with E-state index in [1.807, 2.05) is 0 Å². The summed E-state index contributed by atoms with van der Waals surface area (Å²) in [5.41, 5.74) is 6.62. The van der Waals surface area contributed by atoms with E-state index in [1.165, 1.54) is 7.11 Å². The predicted molar refractivity (Wildman–Crippen MR) is 63.2 cm³/mol. The van der Waals surface area contributed by atoms with Crippen LogP contribution in [0.3, 0.4) is 0 Å². The summed E-state index contributed by atoms with van der Waals surface area (Å²) in [6, 6.07) is 3.22. The predicted octanol–water partition coefficient (Wildman–Crippen LogP) is 1.74. The van der Waals surface area contributed by atoms with Gasteiger partial charge in [0.2, 0.25) is 0 Å². The maximum atomic E-state index is 8.84. The Labute approximate surface area is 99.9 Å². The number of rotatable bonds is 5. The van der Waals surface area contributed by atoms with E-state index in [1.54, 1.807) is 19.2 Å². The van der Waals surface area contributed by atoms with Gasteiger partial charge < -0.3 is 20.3 Å². The molecule has 1 aromatic carbocycles. The first-order chi connectivity index (χ1) is 7.65. The number of benzene rings is 1. The molecule has 3 N–H and O–H groups in total. The van der Waals surface area contributed by atoms with Crippen molar-refractivity contribution in [3.63, 3.8) is 0 Å². The third-order valence-electron chi connectivity index (χ3n) is 2.35. The second kappa shape index (κ2) is 5.94. The van der Waals surface area contributed by atoms with Gasteiger partial charge in [0, 0.05) is 12.6 Å². The van der Waals surface area contributed by atoms with Crippen LogP contribution in [0.1, 0.15) is 18.0 Å². The fourth-order valence-corrected chi connectivity index (χ4v) is 1.86. The summed E-state index contributed by atoms with van der Waals surface area (Å²) in [5.74, 6) is 1.03. The van der Waals surface area contributed by atoms with E-state index in [-0.39, 0.29) is 12.6 Å². The molecule has 16 heavy (non-hydrogen) atoms. The SMILES string of the molecule is COc1ccc(C(N)CCO)c(Cl)c1OC. The Hall–Kier alpha value is -0.970. The van der Waals surface area contributed by atoms with Gasteiger partial charge >= 0.3 is 0 Å². The van der Waals surface area contributed by atoms with Gasteiger partial charge in [0.15, 0.2) is 11.5 Å². The average Bonchev–Trinajstić information content (AvgIpc) is 2.28. The van der Waals surface area contributed by atoms with Gasteiger partial charge in [0.25, 0.3) is 0 Å². The van der Waals surface area contributed by atoms with Crippen LogP contribution in [0.5, 0.6) is 11.5 Å². The summed E-state index contributed by atoms with van der Waals surface area (Å²) in [5, 5.41) is 9.27. The zero-order chi connectivity index (χ0) is 12.1. The van der Waals surface area contributed by atoms with Gasteiger partial charge in [-0.25, -0.2) is 0 Å². The third-order valence-corrected chi connectivity index (χ3v) is 2.74. The lowest BCUT2D eigenvalue weighted by atomic mass is 10.0. The van der Waals surface area contributed by atoms with Crippen molar-refractivity contribution >= 4 is 11.6 Å². The van der Waals surface area contributed by atoms with E-state index in [4.69, 9.17) is 31.9 Å². The molecule has 1 atom stereocenters. The normalized spacial score (nSPS) is 12.3. The van der Waals surface area contributed by atoms with Crippen LogP contribution in [-0.4, -0.2) is 25.9 Å². The Balaban J connectivity index is 3.13. The molecular formula is C11H16ClNO3. The minimum Gasteiger partial charge on any atom is -0.493 e. The largest absolute Gasteiger partial charge is 0.493 e. The lowest BCUT2D eigenvalue weighted by Gasteiger charge is -2.16. The molecule has 0 aliphatic heterocycles. The highest BCUT2D eigenvalue weighted by Gasteiger charge is 2.17. The second-order valence-electron chi connectivity index (χ2n) is 3.32. The molecule has 4 nitrogen and oxygen atoms in total. The van der Waals surface area contributed by atoms with Crippen LogP contribution < -0.4 is 15.2 Å². The first-order valence-corrected chi connectivity index (χ1v) is 5.30. The van der Waals surface area contributed by atoms with E-state index in [2.05, 4.69) is 0 Å². The Morgan fingerprint density at radius 3 is 2.56 bits per heavy atom. The molecule has 0 spiro atoms. The molecule has 0 aromatic heterocycles. The maximum absolute atomic E-state index is 8.84. The average molecular weight is 246 g/mol. The lowest BCUT2D eigenvalue weighted by molar-refractivity contribution is 0.276. The number of aliphatic hydroxyl groups excluding tert-OH is 1. The fraction of sp³-hybridized carbons (Fsp3) is 0.455. The van der Waals surface area contributed by atoms with Crippen molar-refractivity contribution in [2.75, 3.05) is 20.8 Å². The standard InChI is InChI=1S/C11H16ClNO3/c1-15-9-4-3-7(8(13)5-6-14)10(12)11(9)16-2/h3-4,8,14H,5-6,13H2,1-2H3. The molecule has 0 bridgehead atoms. The van der Waals surface area contributed by atoms with E-state index in [0.29, 0.717) is 22.9 Å². The molecule has 1 unspecified atom stereocenters. The maximum Gasteiger partial charge on any atom is 0.179 e. The van der Waals surface area contributed by atoms with Crippen LogP contribution >= 0.6 is 11.6 Å². The first-order valence-electron chi connectivity index (χ1n) is 4.92. The van der Waals surface area contributed by atoms with Crippen LogP contribution in [0.15, 0.2) is 12.1 Å². The highest BCUT2D eigenvalue weighted by molar-refractivity contribution is 6.33. The molecule has 0 saturated carbocycles. The van der Waals surface area contributed by atoms with Crippen LogP contribution in [0.25, 0.3) is 0 Å². The van der Waals surface area contributed by atoms with Gasteiger partial charge in [-0.15, -0.1) is 0 Å². The van der Waals surface area contributed by atoms with Crippen molar-refractivity contribution in [2.24, 2.45) is 5.73 Å². The number of nitrogens with two attached hydrogens (primary N) is 1. The summed E-state index contributed by atoms with van der Waals surface area (Å²) >= 11 is 6.16. The Morgan fingerprint density at radius 1 is 1.38 bits per heavy atom. The number of ether oxygens (including phenoxy) is 2. The van der Waals surface area contributed by atoms with Gasteiger partial charge in [0.05, 0.1) is 19.2 Å². The monoisotopic (exact) mass is 245 g/mol. The molecule has 0 radical (unpaired) electrons. The Morgan fingerprint density at radius 2 is 2.06 bits per heavy atom. The van der Waals surface area contributed by atoms with Gasteiger partial charge in [-0.3, -0.25) is 0 Å². The zero-order valence-electron chi connectivity index (χ0n) is 9.37. The summed E-state index contributed by atoms with van der Waals surface area (Å²) < 4.78 is 10.3. The quantitative estimate of drug-likeness (QED) is 0.829. The highest BCUT2D eigenvalue weighted by Crippen LogP contribution is 2.39. The van der Waals surface area contributed by atoms with Crippen molar-refractivity contribution in [3.8, 4) is 11.5 Å². The number of aliphatic hydroxyl groups is 1.